The number of methoxy groups -OCH3 is 1. The Morgan fingerprint density at radius 1 is 0.944 bits per heavy atom. The van der Waals surface area contributed by atoms with Gasteiger partial charge in [-0.3, -0.25) is 0 Å². The fraction of sp³-hybridized carbons (Fsp3) is 0.200. The summed E-state index contributed by atoms with van der Waals surface area (Å²) in [5.74, 6) is 0.889. The van der Waals surface area contributed by atoms with Gasteiger partial charge in [-0.25, -0.2) is 0 Å². The molecule has 0 N–H and O–H groups in total. The van der Waals surface area contributed by atoms with Crippen molar-refractivity contribution < 1.29 is 4.74 Å². The Balaban J connectivity index is 1.98. The predicted octanol–water partition coefficient (Wildman–Crippen LogP) is 3.24. The van der Waals surface area contributed by atoms with Gasteiger partial charge in [0.05, 0.1) is 25.2 Å². The molecule has 0 saturated carbocycles. The molecule has 3 heteroatoms. The van der Waals surface area contributed by atoms with Crippen LogP contribution in [0.2, 0.25) is 0 Å². The molecule has 0 aliphatic carbocycles. The number of fused-ring (bicyclic) bond motifs is 1. The van der Waals surface area contributed by atoms with E-state index >= 15 is 0 Å². The molecular formula is C15H16N2O. The lowest BCUT2D eigenvalue weighted by Crippen LogP contribution is -2.23. The van der Waals surface area contributed by atoms with Crippen molar-refractivity contribution in [1.29, 1.82) is 0 Å². The highest BCUT2D eigenvalue weighted by atomic mass is 16.5. The summed E-state index contributed by atoms with van der Waals surface area (Å²) in [6.07, 6.45) is 0. The summed E-state index contributed by atoms with van der Waals surface area (Å²) in [5.41, 5.74) is 3.71. The first-order valence-electron chi connectivity index (χ1n) is 6.01. The van der Waals surface area contributed by atoms with Crippen LogP contribution in [0.15, 0.2) is 48.5 Å². The topological polar surface area (TPSA) is 15.7 Å². The summed E-state index contributed by atoms with van der Waals surface area (Å²) in [6.45, 7) is 0.881. The van der Waals surface area contributed by atoms with E-state index in [1.54, 1.807) is 7.11 Å². The summed E-state index contributed by atoms with van der Waals surface area (Å²) < 4.78 is 5.19. The Kier molecular flexibility index (Phi) is 2.59. The van der Waals surface area contributed by atoms with Crippen LogP contribution >= 0.6 is 0 Å². The molecule has 92 valence electrons. The number of nitrogens with zero attached hydrogens (tertiary/aromatic N) is 2. The summed E-state index contributed by atoms with van der Waals surface area (Å²) in [5, 5.41) is 0. The van der Waals surface area contributed by atoms with Crippen LogP contribution in [0.5, 0.6) is 5.75 Å². The Labute approximate surface area is 107 Å². The predicted molar refractivity (Wildman–Crippen MR) is 74.8 cm³/mol. The van der Waals surface area contributed by atoms with Gasteiger partial charge in [-0.1, -0.05) is 12.1 Å². The molecule has 0 spiro atoms. The second-order valence-corrected chi connectivity index (χ2v) is 4.45. The van der Waals surface area contributed by atoms with Crippen LogP contribution < -0.4 is 14.5 Å². The van der Waals surface area contributed by atoms with Crippen molar-refractivity contribution >= 4 is 17.1 Å². The van der Waals surface area contributed by atoms with Gasteiger partial charge in [-0.05, 0) is 36.4 Å². The van der Waals surface area contributed by atoms with Crippen LogP contribution in [0.4, 0.5) is 17.1 Å². The number of anilines is 3. The normalized spacial score (nSPS) is 13.7. The molecule has 3 rings (SSSR count). The third-order valence-electron chi connectivity index (χ3n) is 3.32. The quantitative estimate of drug-likeness (QED) is 0.801. The number of ether oxygens (including phenoxy) is 1. The minimum atomic E-state index is 0.881. The molecule has 0 unspecified atom stereocenters. The molecule has 0 atom stereocenters. The van der Waals surface area contributed by atoms with Gasteiger partial charge in [0.1, 0.15) is 5.75 Å². The number of hydrogen-bond donors (Lipinski definition) is 0. The SMILES string of the molecule is COc1ccc(N2CN(C)c3ccccc32)cc1. The Bertz CT molecular complexity index is 551. The van der Waals surface area contributed by atoms with Gasteiger partial charge >= 0.3 is 0 Å². The molecule has 18 heavy (non-hydrogen) atoms. The maximum atomic E-state index is 5.19. The second kappa shape index (κ2) is 4.26. The van der Waals surface area contributed by atoms with Crippen molar-refractivity contribution in [1.82, 2.24) is 0 Å². The van der Waals surface area contributed by atoms with Crippen molar-refractivity contribution in [2.24, 2.45) is 0 Å². The first kappa shape index (κ1) is 11.0. The zero-order valence-corrected chi connectivity index (χ0v) is 10.6. The molecule has 3 nitrogen and oxygen atoms in total. The molecule has 1 aliphatic heterocycles. The van der Waals surface area contributed by atoms with E-state index in [0.717, 1.165) is 12.4 Å². The van der Waals surface area contributed by atoms with Gasteiger partial charge in [0.25, 0.3) is 0 Å². The van der Waals surface area contributed by atoms with E-state index in [1.807, 2.05) is 12.1 Å². The lowest BCUT2D eigenvalue weighted by atomic mass is 10.2. The minimum absolute atomic E-state index is 0.881. The molecular weight excluding hydrogens is 224 g/mol. The highest BCUT2D eigenvalue weighted by molar-refractivity contribution is 5.82. The minimum Gasteiger partial charge on any atom is -0.497 e. The lowest BCUT2D eigenvalue weighted by molar-refractivity contribution is 0.415. The van der Waals surface area contributed by atoms with Crippen LogP contribution in [0.1, 0.15) is 0 Å². The molecule has 0 aromatic heterocycles. The summed E-state index contributed by atoms with van der Waals surface area (Å²) in [6, 6.07) is 16.6. The highest BCUT2D eigenvalue weighted by Gasteiger charge is 2.23. The van der Waals surface area contributed by atoms with E-state index in [9.17, 15) is 0 Å². The van der Waals surface area contributed by atoms with E-state index in [2.05, 4.69) is 53.2 Å². The van der Waals surface area contributed by atoms with Gasteiger partial charge in [0, 0.05) is 12.7 Å². The van der Waals surface area contributed by atoms with Gasteiger partial charge in [0.2, 0.25) is 0 Å². The molecule has 0 amide bonds. The first-order chi connectivity index (χ1) is 8.79. The smallest absolute Gasteiger partial charge is 0.119 e. The zero-order valence-electron chi connectivity index (χ0n) is 10.6. The number of hydrogen-bond acceptors (Lipinski definition) is 3. The Morgan fingerprint density at radius 3 is 2.28 bits per heavy atom. The molecule has 0 fully saturated rings. The van der Waals surface area contributed by atoms with Crippen LogP contribution in [-0.4, -0.2) is 20.8 Å². The van der Waals surface area contributed by atoms with Crippen molar-refractivity contribution in [2.75, 3.05) is 30.6 Å². The fourth-order valence-corrected chi connectivity index (χ4v) is 2.36. The van der Waals surface area contributed by atoms with Gasteiger partial charge in [-0.15, -0.1) is 0 Å². The maximum absolute atomic E-state index is 5.19. The van der Waals surface area contributed by atoms with Gasteiger partial charge in [-0.2, -0.15) is 0 Å². The van der Waals surface area contributed by atoms with E-state index in [-0.39, 0.29) is 0 Å². The number of rotatable bonds is 2. The van der Waals surface area contributed by atoms with E-state index < -0.39 is 0 Å². The van der Waals surface area contributed by atoms with E-state index in [0.29, 0.717) is 0 Å². The second-order valence-electron chi connectivity index (χ2n) is 4.45. The maximum Gasteiger partial charge on any atom is 0.119 e. The monoisotopic (exact) mass is 240 g/mol. The summed E-state index contributed by atoms with van der Waals surface area (Å²) in [4.78, 5) is 4.55. The first-order valence-corrected chi connectivity index (χ1v) is 6.01. The van der Waals surface area contributed by atoms with E-state index in [4.69, 9.17) is 4.74 Å². The van der Waals surface area contributed by atoms with Crippen molar-refractivity contribution in [3.63, 3.8) is 0 Å². The van der Waals surface area contributed by atoms with Gasteiger partial charge in [0.15, 0.2) is 0 Å². The number of para-hydroxylation sites is 2. The zero-order chi connectivity index (χ0) is 12.5. The van der Waals surface area contributed by atoms with Crippen LogP contribution in [0, 0.1) is 0 Å². The van der Waals surface area contributed by atoms with Crippen LogP contribution in [0.25, 0.3) is 0 Å². The molecule has 2 aromatic carbocycles. The molecule has 2 aromatic rings. The average molecular weight is 240 g/mol. The number of benzene rings is 2. The molecule has 1 aliphatic rings. The molecule has 0 saturated heterocycles. The van der Waals surface area contributed by atoms with Crippen molar-refractivity contribution in [3.05, 3.63) is 48.5 Å². The van der Waals surface area contributed by atoms with Crippen LogP contribution in [0.3, 0.4) is 0 Å². The standard InChI is InChI=1S/C15H16N2O/c1-16-11-17(15-6-4-3-5-14(15)16)12-7-9-13(18-2)10-8-12/h3-10H,11H2,1-2H3. The molecule has 1 heterocycles. The highest BCUT2D eigenvalue weighted by Crippen LogP contribution is 2.39. The van der Waals surface area contributed by atoms with Crippen molar-refractivity contribution in [3.8, 4) is 5.75 Å². The molecule has 0 bridgehead atoms. The molecule has 0 radical (unpaired) electrons. The lowest BCUT2D eigenvalue weighted by Gasteiger charge is -2.19. The third kappa shape index (κ3) is 1.68. The van der Waals surface area contributed by atoms with Crippen molar-refractivity contribution in [2.45, 2.75) is 0 Å². The third-order valence-corrected chi connectivity index (χ3v) is 3.32. The van der Waals surface area contributed by atoms with Crippen LogP contribution in [-0.2, 0) is 0 Å². The summed E-state index contributed by atoms with van der Waals surface area (Å²) in [7, 11) is 3.80. The Morgan fingerprint density at radius 2 is 1.61 bits per heavy atom. The van der Waals surface area contributed by atoms with E-state index in [1.165, 1.54) is 17.1 Å². The summed E-state index contributed by atoms with van der Waals surface area (Å²) >= 11 is 0. The average Bonchev–Trinajstić information content (AvgIpc) is 2.77. The largest absolute Gasteiger partial charge is 0.497 e. The Hall–Kier alpha value is -2.16. The fourth-order valence-electron chi connectivity index (χ4n) is 2.36. The van der Waals surface area contributed by atoms with Gasteiger partial charge < -0.3 is 14.5 Å².